The van der Waals surface area contributed by atoms with Gasteiger partial charge in [-0.05, 0) is 53.1 Å². The Labute approximate surface area is 193 Å². The summed E-state index contributed by atoms with van der Waals surface area (Å²) in [5.74, 6) is 1.21. The van der Waals surface area contributed by atoms with Crippen molar-refractivity contribution >= 4 is 33.4 Å². The molecule has 1 amide bonds. The zero-order chi connectivity index (χ0) is 22.4. The van der Waals surface area contributed by atoms with Crippen LogP contribution in [0.25, 0.3) is 21.8 Å². The van der Waals surface area contributed by atoms with Gasteiger partial charge in [0, 0.05) is 31.1 Å². The number of aromatic nitrogens is 2. The van der Waals surface area contributed by atoms with E-state index < -0.39 is 0 Å². The number of hydrogen-bond acceptors (Lipinski definition) is 2. The van der Waals surface area contributed by atoms with Crippen LogP contribution < -0.4 is 4.90 Å². The van der Waals surface area contributed by atoms with E-state index in [9.17, 15) is 4.79 Å². The molecule has 1 aromatic heterocycles. The lowest BCUT2D eigenvalue weighted by Gasteiger charge is -2.18. The van der Waals surface area contributed by atoms with Crippen molar-refractivity contribution in [3.8, 4) is 0 Å². The average molecular weight is 432 g/mol. The zero-order valence-corrected chi connectivity index (χ0v) is 18.6. The minimum absolute atomic E-state index is 0.0559. The normalized spacial score (nSPS) is 16.2. The molecule has 0 spiro atoms. The molecule has 1 aliphatic heterocycles. The first kappa shape index (κ1) is 19.7. The highest BCUT2D eigenvalue weighted by Gasteiger charge is 2.35. The lowest BCUT2D eigenvalue weighted by atomic mass is 10.0. The van der Waals surface area contributed by atoms with Crippen LogP contribution in [0.5, 0.6) is 0 Å². The summed E-state index contributed by atoms with van der Waals surface area (Å²) in [6.45, 7) is 3.44. The maximum atomic E-state index is 13.0. The number of imidazole rings is 1. The highest BCUT2D eigenvalue weighted by Crippen LogP contribution is 2.34. The van der Waals surface area contributed by atoms with Crippen LogP contribution >= 0.6 is 0 Å². The molecule has 0 bridgehead atoms. The largest absolute Gasteiger partial charge is 0.323 e. The second kappa shape index (κ2) is 7.89. The first-order valence-electron chi connectivity index (χ1n) is 11.5. The van der Waals surface area contributed by atoms with Crippen LogP contribution in [0.4, 0.5) is 5.69 Å². The molecule has 0 N–H and O–H groups in total. The van der Waals surface area contributed by atoms with E-state index in [-0.39, 0.29) is 11.8 Å². The Balaban J connectivity index is 1.42. The van der Waals surface area contributed by atoms with Crippen LogP contribution in [-0.4, -0.2) is 22.0 Å². The molecule has 0 aliphatic carbocycles. The quantitative estimate of drug-likeness (QED) is 0.347. The van der Waals surface area contributed by atoms with Gasteiger partial charge in [0.15, 0.2) is 0 Å². The molecular formula is C29H25N3O. The van der Waals surface area contributed by atoms with Gasteiger partial charge in [-0.1, -0.05) is 66.7 Å². The summed E-state index contributed by atoms with van der Waals surface area (Å²) in [6.07, 6.45) is 0.479. The smallest absolute Gasteiger partial charge is 0.227 e. The van der Waals surface area contributed by atoms with E-state index in [2.05, 4.69) is 84.3 Å². The molecule has 4 heteroatoms. The summed E-state index contributed by atoms with van der Waals surface area (Å²) in [6, 6.07) is 31.4. The van der Waals surface area contributed by atoms with Crippen LogP contribution in [0, 0.1) is 6.92 Å². The molecule has 1 unspecified atom stereocenters. The number of nitrogens with zero attached hydrogens (tertiary/aromatic N) is 3. The first-order chi connectivity index (χ1) is 16.2. The maximum Gasteiger partial charge on any atom is 0.227 e. The summed E-state index contributed by atoms with van der Waals surface area (Å²) in [5, 5.41) is 2.50. The Morgan fingerprint density at radius 2 is 1.70 bits per heavy atom. The number of hydrogen-bond donors (Lipinski definition) is 0. The molecule has 4 nitrogen and oxygen atoms in total. The SMILES string of the molecule is Cc1cccc(N2CC(c3nc4ccccc4n3Cc3cccc4ccccc34)CC2=O)c1. The number of fused-ring (bicyclic) bond motifs is 2. The van der Waals surface area contributed by atoms with E-state index in [1.165, 1.54) is 16.3 Å². The zero-order valence-electron chi connectivity index (χ0n) is 18.6. The van der Waals surface area contributed by atoms with Gasteiger partial charge in [0.05, 0.1) is 11.0 Å². The van der Waals surface area contributed by atoms with Gasteiger partial charge >= 0.3 is 0 Å². The van der Waals surface area contributed by atoms with Crippen LogP contribution in [0.1, 0.15) is 29.3 Å². The number of carbonyl (C=O) groups is 1. The molecule has 6 rings (SSSR count). The lowest BCUT2D eigenvalue weighted by molar-refractivity contribution is -0.117. The van der Waals surface area contributed by atoms with Gasteiger partial charge in [-0.3, -0.25) is 4.79 Å². The number of anilines is 1. The van der Waals surface area contributed by atoms with Crippen molar-refractivity contribution in [3.05, 3.63) is 108 Å². The lowest BCUT2D eigenvalue weighted by Crippen LogP contribution is -2.24. The Hall–Kier alpha value is -3.92. The highest BCUT2D eigenvalue weighted by atomic mass is 16.2. The van der Waals surface area contributed by atoms with E-state index >= 15 is 0 Å². The minimum Gasteiger partial charge on any atom is -0.323 e. The van der Waals surface area contributed by atoms with Crippen molar-refractivity contribution in [2.45, 2.75) is 25.8 Å². The Kier molecular flexibility index (Phi) is 4.72. The summed E-state index contributed by atoms with van der Waals surface area (Å²) in [5.41, 5.74) is 5.49. The molecule has 4 aromatic carbocycles. The summed E-state index contributed by atoms with van der Waals surface area (Å²) in [7, 11) is 0. The summed E-state index contributed by atoms with van der Waals surface area (Å²) < 4.78 is 2.31. The van der Waals surface area contributed by atoms with Crippen LogP contribution in [0.2, 0.25) is 0 Å². The first-order valence-corrected chi connectivity index (χ1v) is 11.5. The fraction of sp³-hybridized carbons (Fsp3) is 0.172. The van der Waals surface area contributed by atoms with Gasteiger partial charge in [0.1, 0.15) is 5.82 Å². The molecule has 162 valence electrons. The Morgan fingerprint density at radius 3 is 2.61 bits per heavy atom. The van der Waals surface area contributed by atoms with Gasteiger partial charge < -0.3 is 9.47 Å². The third kappa shape index (κ3) is 3.48. The molecule has 1 aliphatic rings. The molecule has 1 saturated heterocycles. The number of aryl methyl sites for hydroxylation is 1. The molecule has 33 heavy (non-hydrogen) atoms. The molecule has 5 aromatic rings. The highest BCUT2D eigenvalue weighted by molar-refractivity contribution is 5.96. The molecule has 1 fully saturated rings. The van der Waals surface area contributed by atoms with E-state index in [4.69, 9.17) is 4.98 Å². The van der Waals surface area contributed by atoms with Crippen molar-refractivity contribution < 1.29 is 4.79 Å². The van der Waals surface area contributed by atoms with E-state index in [1.807, 2.05) is 23.1 Å². The topological polar surface area (TPSA) is 38.1 Å². The fourth-order valence-electron chi connectivity index (χ4n) is 5.10. The third-order valence-electron chi connectivity index (χ3n) is 6.70. The number of rotatable bonds is 4. The van der Waals surface area contributed by atoms with E-state index in [0.29, 0.717) is 13.0 Å². The van der Waals surface area contributed by atoms with Gasteiger partial charge in [0.25, 0.3) is 0 Å². The van der Waals surface area contributed by atoms with E-state index in [1.54, 1.807) is 0 Å². The van der Waals surface area contributed by atoms with Crippen LogP contribution in [-0.2, 0) is 11.3 Å². The standard InChI is InChI=1S/C29H25N3O/c1-20-8-6-12-24(16-20)31-19-23(17-28(31)33)29-30-26-14-4-5-15-27(26)32(29)18-22-11-7-10-21-9-2-3-13-25(21)22/h2-16,23H,17-19H2,1H3. The number of para-hydroxylation sites is 2. The van der Waals surface area contributed by atoms with Crippen molar-refractivity contribution in [2.75, 3.05) is 11.4 Å². The summed E-state index contributed by atoms with van der Waals surface area (Å²) >= 11 is 0. The van der Waals surface area contributed by atoms with Crippen molar-refractivity contribution in [1.82, 2.24) is 9.55 Å². The predicted molar refractivity (Wildman–Crippen MR) is 134 cm³/mol. The number of carbonyl (C=O) groups excluding carboxylic acids is 1. The van der Waals surface area contributed by atoms with E-state index in [0.717, 1.165) is 34.7 Å². The van der Waals surface area contributed by atoms with Crippen molar-refractivity contribution in [2.24, 2.45) is 0 Å². The molecule has 0 radical (unpaired) electrons. The Bertz CT molecular complexity index is 1490. The third-order valence-corrected chi connectivity index (χ3v) is 6.70. The van der Waals surface area contributed by atoms with Crippen LogP contribution in [0.15, 0.2) is 91.0 Å². The fourth-order valence-corrected chi connectivity index (χ4v) is 5.10. The van der Waals surface area contributed by atoms with Crippen molar-refractivity contribution in [3.63, 3.8) is 0 Å². The van der Waals surface area contributed by atoms with Gasteiger partial charge in [0.2, 0.25) is 5.91 Å². The number of benzene rings is 4. The molecule has 2 heterocycles. The molecular weight excluding hydrogens is 406 g/mol. The maximum absolute atomic E-state index is 13.0. The monoisotopic (exact) mass is 431 g/mol. The number of amides is 1. The van der Waals surface area contributed by atoms with Gasteiger partial charge in [-0.25, -0.2) is 4.98 Å². The predicted octanol–water partition coefficient (Wildman–Crippen LogP) is 6.07. The second-order valence-corrected chi connectivity index (χ2v) is 8.93. The van der Waals surface area contributed by atoms with Gasteiger partial charge in [-0.15, -0.1) is 0 Å². The molecule has 0 saturated carbocycles. The van der Waals surface area contributed by atoms with Crippen LogP contribution in [0.3, 0.4) is 0 Å². The van der Waals surface area contributed by atoms with Crippen molar-refractivity contribution in [1.29, 1.82) is 0 Å². The summed E-state index contributed by atoms with van der Waals surface area (Å²) in [4.78, 5) is 20.0. The van der Waals surface area contributed by atoms with Gasteiger partial charge in [-0.2, -0.15) is 0 Å². The minimum atomic E-state index is 0.0559. The Morgan fingerprint density at radius 1 is 0.909 bits per heavy atom. The molecule has 1 atom stereocenters. The second-order valence-electron chi connectivity index (χ2n) is 8.93. The average Bonchev–Trinajstić information content (AvgIpc) is 3.40.